The van der Waals surface area contributed by atoms with Gasteiger partial charge in [-0.1, -0.05) is 75.9 Å². The number of ether oxygens (including phenoxy) is 1. The Labute approximate surface area is 275 Å². The third kappa shape index (κ3) is 8.39. The second-order valence-electron chi connectivity index (χ2n) is 12.3. The minimum atomic E-state index is -4.76. The first-order chi connectivity index (χ1) is 22.2. The second-order valence-corrected chi connectivity index (χ2v) is 13.3. The van der Waals surface area contributed by atoms with Crippen molar-refractivity contribution in [3.8, 4) is 22.8 Å². The molecule has 0 spiro atoms. The molecule has 1 fully saturated rings. The van der Waals surface area contributed by atoms with E-state index < -0.39 is 12.4 Å². The van der Waals surface area contributed by atoms with Gasteiger partial charge in [0.15, 0.2) is 11.0 Å². The molecule has 0 bridgehead atoms. The number of anilines is 1. The molecule has 4 aromatic rings. The van der Waals surface area contributed by atoms with Crippen molar-refractivity contribution in [1.29, 1.82) is 0 Å². The molecular formula is C34H35F3N6O3S. The summed E-state index contributed by atoms with van der Waals surface area (Å²) in [4.78, 5) is 36.0. The average Bonchev–Trinajstić information content (AvgIpc) is 3.63. The van der Waals surface area contributed by atoms with Gasteiger partial charge in [-0.25, -0.2) is 14.5 Å². The van der Waals surface area contributed by atoms with Crippen molar-refractivity contribution >= 4 is 34.6 Å². The van der Waals surface area contributed by atoms with Crippen molar-refractivity contribution < 1.29 is 27.5 Å². The SMILES string of the molecule is Cc1cccc(N2C(=O)CS/C2=N\C(=O)NCC(C)(C)Cc2ccc(-c3ncn(-c4ccc(OC(F)(F)F)cc4)n3)cc2)c1C(C)C. The van der Waals surface area contributed by atoms with Gasteiger partial charge < -0.3 is 10.1 Å². The first-order valence-electron chi connectivity index (χ1n) is 15.0. The van der Waals surface area contributed by atoms with E-state index in [-0.39, 0.29) is 28.7 Å². The van der Waals surface area contributed by atoms with Crippen LogP contribution in [0.2, 0.25) is 0 Å². The number of nitrogens with one attached hydrogen (secondary N) is 1. The first-order valence-corrected chi connectivity index (χ1v) is 16.0. The number of carbonyl (C=O) groups is 2. The number of benzene rings is 3. The molecule has 5 rings (SSSR count). The molecule has 0 atom stereocenters. The summed E-state index contributed by atoms with van der Waals surface area (Å²) in [6.07, 6.45) is -2.61. The second kappa shape index (κ2) is 13.6. The lowest BCUT2D eigenvalue weighted by atomic mass is 9.85. The lowest BCUT2D eigenvalue weighted by molar-refractivity contribution is -0.274. The molecule has 0 saturated carbocycles. The van der Waals surface area contributed by atoms with Crippen LogP contribution in [0.4, 0.5) is 23.7 Å². The van der Waals surface area contributed by atoms with E-state index in [1.165, 1.54) is 47.0 Å². The number of nitrogens with zero attached hydrogens (tertiary/aromatic N) is 5. The number of thioether (sulfide) groups is 1. The topological polar surface area (TPSA) is 102 Å². The Hall–Kier alpha value is -4.65. The van der Waals surface area contributed by atoms with E-state index >= 15 is 0 Å². The molecule has 3 aromatic carbocycles. The van der Waals surface area contributed by atoms with Gasteiger partial charge in [0.1, 0.15) is 12.1 Å². The summed E-state index contributed by atoms with van der Waals surface area (Å²) in [5.41, 5.74) is 4.95. The summed E-state index contributed by atoms with van der Waals surface area (Å²) >= 11 is 1.26. The molecule has 9 nitrogen and oxygen atoms in total. The smallest absolute Gasteiger partial charge is 0.406 e. The normalized spacial score (nSPS) is 14.7. The highest BCUT2D eigenvalue weighted by atomic mass is 32.2. The number of halogens is 3. The number of amidine groups is 1. The Morgan fingerprint density at radius 1 is 1.06 bits per heavy atom. The zero-order chi connectivity index (χ0) is 33.9. The summed E-state index contributed by atoms with van der Waals surface area (Å²) in [7, 11) is 0. The highest BCUT2D eigenvalue weighted by molar-refractivity contribution is 8.15. The van der Waals surface area contributed by atoms with Crippen LogP contribution in [0.5, 0.6) is 5.75 Å². The molecule has 3 amide bonds. The summed E-state index contributed by atoms with van der Waals surface area (Å²) < 4.78 is 42.7. The zero-order valence-electron chi connectivity index (χ0n) is 26.6. The number of aliphatic imine (C=N–C) groups is 1. The zero-order valence-corrected chi connectivity index (χ0v) is 27.4. The molecule has 47 heavy (non-hydrogen) atoms. The van der Waals surface area contributed by atoms with Crippen molar-refractivity contribution in [3.05, 3.63) is 89.7 Å². The maximum atomic E-state index is 12.9. The lowest BCUT2D eigenvalue weighted by Crippen LogP contribution is -2.36. The lowest BCUT2D eigenvalue weighted by Gasteiger charge is -2.25. The van der Waals surface area contributed by atoms with Gasteiger partial charge in [-0.05, 0) is 71.7 Å². The van der Waals surface area contributed by atoms with Gasteiger partial charge in [0.05, 0.1) is 17.1 Å². The van der Waals surface area contributed by atoms with Crippen molar-refractivity contribution in [3.63, 3.8) is 0 Å². The predicted molar refractivity (Wildman–Crippen MR) is 177 cm³/mol. The Kier molecular flexibility index (Phi) is 9.76. The Morgan fingerprint density at radius 3 is 2.43 bits per heavy atom. The van der Waals surface area contributed by atoms with E-state index in [2.05, 4.69) is 39.0 Å². The van der Waals surface area contributed by atoms with Gasteiger partial charge in [0, 0.05) is 12.1 Å². The molecule has 13 heteroatoms. The molecule has 0 aliphatic carbocycles. The fraction of sp³-hybridized carbons (Fsp3) is 0.324. The molecule has 2 heterocycles. The van der Waals surface area contributed by atoms with E-state index in [1.54, 1.807) is 4.90 Å². The van der Waals surface area contributed by atoms with Gasteiger partial charge in [0.2, 0.25) is 5.91 Å². The van der Waals surface area contributed by atoms with Crippen LogP contribution in [0.3, 0.4) is 0 Å². The maximum absolute atomic E-state index is 12.9. The number of rotatable bonds is 9. The summed E-state index contributed by atoms with van der Waals surface area (Å²) in [6, 6.07) is 18.4. The molecule has 0 radical (unpaired) electrons. The molecule has 1 saturated heterocycles. The third-order valence-electron chi connectivity index (χ3n) is 7.52. The Morgan fingerprint density at radius 2 is 1.77 bits per heavy atom. The molecule has 246 valence electrons. The predicted octanol–water partition coefficient (Wildman–Crippen LogP) is 7.68. The van der Waals surface area contributed by atoms with Crippen LogP contribution in [0.25, 0.3) is 17.1 Å². The van der Waals surface area contributed by atoms with E-state index in [0.29, 0.717) is 29.6 Å². The van der Waals surface area contributed by atoms with E-state index in [9.17, 15) is 22.8 Å². The number of hydrogen-bond donors (Lipinski definition) is 1. The van der Waals surface area contributed by atoms with Crippen LogP contribution in [-0.2, 0) is 11.2 Å². The molecule has 1 N–H and O–H groups in total. The number of aryl methyl sites for hydroxylation is 1. The van der Waals surface area contributed by atoms with E-state index in [0.717, 1.165) is 27.9 Å². The highest BCUT2D eigenvalue weighted by Gasteiger charge is 2.33. The van der Waals surface area contributed by atoms with Crippen LogP contribution < -0.4 is 15.0 Å². The van der Waals surface area contributed by atoms with Crippen LogP contribution in [0.15, 0.2) is 78.0 Å². The third-order valence-corrected chi connectivity index (χ3v) is 8.45. The number of carbonyl (C=O) groups excluding carboxylic acids is 2. The molecule has 1 aliphatic heterocycles. The van der Waals surface area contributed by atoms with Gasteiger partial charge in [0.25, 0.3) is 0 Å². The fourth-order valence-electron chi connectivity index (χ4n) is 5.44. The maximum Gasteiger partial charge on any atom is 0.573 e. The average molecular weight is 665 g/mol. The van der Waals surface area contributed by atoms with Crippen molar-refractivity contribution in [2.75, 3.05) is 17.2 Å². The minimum absolute atomic E-state index is 0.103. The largest absolute Gasteiger partial charge is 0.573 e. The fourth-order valence-corrected chi connectivity index (χ4v) is 6.30. The van der Waals surface area contributed by atoms with Crippen molar-refractivity contribution in [1.82, 2.24) is 20.1 Å². The number of amides is 3. The number of alkyl halides is 3. The van der Waals surface area contributed by atoms with Gasteiger partial charge in [-0.15, -0.1) is 18.3 Å². The highest BCUT2D eigenvalue weighted by Crippen LogP contribution is 2.35. The number of hydrogen-bond acceptors (Lipinski definition) is 6. The molecular weight excluding hydrogens is 629 g/mol. The van der Waals surface area contributed by atoms with Crippen LogP contribution in [0, 0.1) is 12.3 Å². The van der Waals surface area contributed by atoms with Crippen LogP contribution >= 0.6 is 11.8 Å². The van der Waals surface area contributed by atoms with Gasteiger partial charge in [-0.3, -0.25) is 9.69 Å². The monoisotopic (exact) mass is 664 g/mol. The Bertz CT molecular complexity index is 1780. The Balaban J connectivity index is 1.19. The van der Waals surface area contributed by atoms with Crippen LogP contribution in [0.1, 0.15) is 50.3 Å². The quantitative estimate of drug-likeness (QED) is 0.197. The van der Waals surface area contributed by atoms with Crippen LogP contribution in [-0.4, -0.2) is 50.5 Å². The van der Waals surface area contributed by atoms with E-state index in [1.807, 2.05) is 63.2 Å². The molecule has 1 aliphatic rings. The number of urea groups is 1. The van der Waals surface area contributed by atoms with Gasteiger partial charge in [-0.2, -0.15) is 4.99 Å². The summed E-state index contributed by atoms with van der Waals surface area (Å²) in [5, 5.41) is 7.74. The minimum Gasteiger partial charge on any atom is -0.406 e. The van der Waals surface area contributed by atoms with Gasteiger partial charge >= 0.3 is 12.4 Å². The van der Waals surface area contributed by atoms with Crippen molar-refractivity contribution in [2.24, 2.45) is 10.4 Å². The summed E-state index contributed by atoms with van der Waals surface area (Å²) in [6.45, 7) is 10.6. The standard InChI is InChI=1S/C34H35F3N6O3S/c1-21(2)29-22(3)7-6-8-27(29)43-28(44)18-47-32(43)40-31(45)38-19-33(4,5)17-23-9-11-24(12-10-23)30-39-20-42(41-30)25-13-15-26(16-14-25)46-34(35,36)37/h6-16,20-21H,17-19H2,1-5H3,(H,38,45)/b40-32-. The molecule has 1 aromatic heterocycles. The number of aromatic nitrogens is 3. The van der Waals surface area contributed by atoms with Crippen molar-refractivity contribution in [2.45, 2.75) is 53.3 Å². The molecule has 0 unspecified atom stereocenters. The van der Waals surface area contributed by atoms with E-state index in [4.69, 9.17) is 0 Å². The first kappa shape index (κ1) is 33.7. The summed E-state index contributed by atoms with van der Waals surface area (Å²) in [5.74, 6) is 0.458.